The van der Waals surface area contributed by atoms with Crippen molar-refractivity contribution in [1.82, 2.24) is 10.2 Å². The van der Waals surface area contributed by atoms with Crippen LogP contribution in [0.5, 0.6) is 5.75 Å². The van der Waals surface area contributed by atoms with Crippen LogP contribution in [0, 0.1) is 0 Å². The van der Waals surface area contributed by atoms with Gasteiger partial charge in [0.1, 0.15) is 5.75 Å². The zero-order valence-corrected chi connectivity index (χ0v) is 16.0. The van der Waals surface area contributed by atoms with E-state index >= 15 is 0 Å². The number of hydrogen-bond donors (Lipinski definition) is 1. The lowest BCUT2D eigenvalue weighted by molar-refractivity contribution is -0.122. The van der Waals surface area contributed by atoms with Gasteiger partial charge in [-0.1, -0.05) is 45.9 Å². The molecule has 0 aromatic heterocycles. The average Bonchev–Trinajstić information content (AvgIpc) is 2.61. The van der Waals surface area contributed by atoms with Crippen molar-refractivity contribution >= 4 is 5.91 Å². The smallest absolute Gasteiger partial charge is 0.220 e. The van der Waals surface area contributed by atoms with Gasteiger partial charge in [-0.15, -0.1) is 0 Å². The Labute approximate surface area is 147 Å². The van der Waals surface area contributed by atoms with Crippen LogP contribution in [0.25, 0.3) is 0 Å². The number of benzene rings is 1. The highest BCUT2D eigenvalue weighted by Crippen LogP contribution is 2.37. The molecule has 0 heterocycles. The van der Waals surface area contributed by atoms with Crippen molar-refractivity contribution in [3.8, 4) is 5.75 Å². The minimum Gasteiger partial charge on any atom is -0.496 e. The maximum atomic E-state index is 12.4. The van der Waals surface area contributed by atoms with E-state index in [9.17, 15) is 4.79 Å². The Balaban J connectivity index is 2.59. The van der Waals surface area contributed by atoms with Crippen LogP contribution >= 0.6 is 0 Å². The van der Waals surface area contributed by atoms with Crippen molar-refractivity contribution in [3.63, 3.8) is 0 Å². The number of nitrogens with zero attached hydrogens (tertiary/aromatic N) is 1. The molecule has 1 unspecified atom stereocenters. The van der Waals surface area contributed by atoms with E-state index in [4.69, 9.17) is 4.74 Å². The molecule has 1 aromatic rings. The summed E-state index contributed by atoms with van der Waals surface area (Å²) >= 11 is 0. The number of amides is 1. The summed E-state index contributed by atoms with van der Waals surface area (Å²) in [6.45, 7) is 12.5. The van der Waals surface area contributed by atoms with Crippen molar-refractivity contribution in [2.24, 2.45) is 0 Å². The molecule has 0 radical (unpaired) electrons. The van der Waals surface area contributed by atoms with Crippen LogP contribution < -0.4 is 10.1 Å². The van der Waals surface area contributed by atoms with Gasteiger partial charge in [-0.05, 0) is 38.5 Å². The van der Waals surface area contributed by atoms with E-state index in [-0.39, 0.29) is 11.3 Å². The maximum Gasteiger partial charge on any atom is 0.220 e. The van der Waals surface area contributed by atoms with E-state index in [0.717, 1.165) is 50.3 Å². The predicted octanol–water partition coefficient (Wildman–Crippen LogP) is 3.60. The summed E-state index contributed by atoms with van der Waals surface area (Å²) in [4.78, 5) is 14.8. The zero-order chi connectivity index (χ0) is 18.0. The monoisotopic (exact) mass is 334 g/mol. The van der Waals surface area contributed by atoms with Gasteiger partial charge in [0.05, 0.1) is 7.11 Å². The van der Waals surface area contributed by atoms with Gasteiger partial charge in [0.2, 0.25) is 5.91 Å². The van der Waals surface area contributed by atoms with Crippen LogP contribution in [0.15, 0.2) is 24.3 Å². The number of hydrogen-bond acceptors (Lipinski definition) is 3. The third kappa shape index (κ3) is 5.82. The predicted molar refractivity (Wildman–Crippen MR) is 101 cm³/mol. The molecule has 24 heavy (non-hydrogen) atoms. The first-order valence-corrected chi connectivity index (χ1v) is 9.13. The molecule has 0 saturated carbocycles. The number of carbonyl (C=O) groups is 1. The van der Waals surface area contributed by atoms with Crippen LogP contribution in [-0.4, -0.2) is 44.1 Å². The Bertz CT molecular complexity index is 500. The summed E-state index contributed by atoms with van der Waals surface area (Å²) in [7, 11) is 1.68. The Kier molecular flexibility index (Phi) is 8.83. The first-order valence-electron chi connectivity index (χ1n) is 9.13. The van der Waals surface area contributed by atoms with Crippen molar-refractivity contribution in [2.75, 3.05) is 33.3 Å². The summed E-state index contributed by atoms with van der Waals surface area (Å²) in [5.41, 5.74) is 0.892. The van der Waals surface area contributed by atoms with Gasteiger partial charge in [-0.3, -0.25) is 4.79 Å². The lowest BCUT2D eigenvalue weighted by Gasteiger charge is -2.30. The number of nitrogens with one attached hydrogen (secondary N) is 1. The van der Waals surface area contributed by atoms with E-state index < -0.39 is 0 Å². The SMILES string of the molecule is CCN(CC)CCCNC(=O)CC(C)(CC)c1ccccc1OC. The van der Waals surface area contributed by atoms with Crippen LogP contribution in [0.2, 0.25) is 0 Å². The molecule has 4 nitrogen and oxygen atoms in total. The highest BCUT2D eigenvalue weighted by atomic mass is 16.5. The molecule has 0 aliphatic carbocycles. The fourth-order valence-electron chi connectivity index (χ4n) is 3.04. The fourth-order valence-corrected chi connectivity index (χ4v) is 3.04. The van der Waals surface area contributed by atoms with E-state index in [1.807, 2.05) is 18.2 Å². The number of ether oxygens (including phenoxy) is 1. The molecule has 0 saturated heterocycles. The second-order valence-electron chi connectivity index (χ2n) is 6.52. The highest BCUT2D eigenvalue weighted by Gasteiger charge is 2.30. The first-order chi connectivity index (χ1) is 11.5. The number of para-hydroxylation sites is 1. The topological polar surface area (TPSA) is 41.6 Å². The van der Waals surface area contributed by atoms with E-state index in [2.05, 4.69) is 44.0 Å². The molecule has 4 heteroatoms. The van der Waals surface area contributed by atoms with Crippen LogP contribution in [0.1, 0.15) is 52.5 Å². The Morgan fingerprint density at radius 3 is 2.46 bits per heavy atom. The second kappa shape index (κ2) is 10.3. The molecule has 0 bridgehead atoms. The van der Waals surface area contributed by atoms with Gasteiger partial charge < -0.3 is 15.0 Å². The molecule has 1 aromatic carbocycles. The van der Waals surface area contributed by atoms with Crippen molar-refractivity contribution in [2.45, 2.75) is 52.4 Å². The summed E-state index contributed by atoms with van der Waals surface area (Å²) in [5.74, 6) is 0.973. The average molecular weight is 335 g/mol. The van der Waals surface area contributed by atoms with Crippen molar-refractivity contribution in [1.29, 1.82) is 0 Å². The molecular formula is C20H34N2O2. The molecular weight excluding hydrogens is 300 g/mol. The van der Waals surface area contributed by atoms with Crippen molar-refractivity contribution < 1.29 is 9.53 Å². The van der Waals surface area contributed by atoms with E-state index in [1.54, 1.807) is 7.11 Å². The minimum atomic E-state index is -0.213. The number of carbonyl (C=O) groups excluding carboxylic acids is 1. The molecule has 0 fully saturated rings. The van der Waals surface area contributed by atoms with Gasteiger partial charge in [0.25, 0.3) is 0 Å². The molecule has 0 spiro atoms. The van der Waals surface area contributed by atoms with Crippen LogP contribution in [-0.2, 0) is 10.2 Å². The summed E-state index contributed by atoms with van der Waals surface area (Å²) in [6.07, 6.45) is 2.36. The van der Waals surface area contributed by atoms with Gasteiger partial charge in [-0.25, -0.2) is 0 Å². The zero-order valence-electron chi connectivity index (χ0n) is 16.0. The summed E-state index contributed by atoms with van der Waals surface area (Å²) in [5, 5.41) is 3.08. The molecule has 136 valence electrons. The third-order valence-corrected chi connectivity index (χ3v) is 4.96. The van der Waals surface area contributed by atoms with Crippen LogP contribution in [0.4, 0.5) is 0 Å². The Hall–Kier alpha value is -1.55. The Morgan fingerprint density at radius 1 is 1.21 bits per heavy atom. The maximum absolute atomic E-state index is 12.4. The summed E-state index contributed by atoms with van der Waals surface area (Å²) in [6, 6.07) is 8.00. The molecule has 1 amide bonds. The van der Waals surface area contributed by atoms with Gasteiger partial charge in [0, 0.05) is 23.9 Å². The van der Waals surface area contributed by atoms with E-state index in [1.165, 1.54) is 0 Å². The third-order valence-electron chi connectivity index (χ3n) is 4.96. The standard InChI is InChI=1S/C20H34N2O2/c1-6-20(4,17-12-9-10-13-18(17)24-5)16-19(23)21-14-11-15-22(7-2)8-3/h9-10,12-13H,6-8,11,14-16H2,1-5H3,(H,21,23). The molecule has 1 N–H and O–H groups in total. The minimum absolute atomic E-state index is 0.116. The van der Waals surface area contributed by atoms with Crippen LogP contribution in [0.3, 0.4) is 0 Å². The molecule has 1 rings (SSSR count). The number of rotatable bonds is 11. The van der Waals surface area contributed by atoms with Gasteiger partial charge in [0.15, 0.2) is 0 Å². The normalized spacial score (nSPS) is 13.6. The van der Waals surface area contributed by atoms with Gasteiger partial charge >= 0.3 is 0 Å². The first kappa shape index (κ1) is 20.5. The molecule has 1 atom stereocenters. The highest BCUT2D eigenvalue weighted by molar-refractivity contribution is 5.77. The molecule has 0 aliphatic rings. The number of methoxy groups -OCH3 is 1. The summed E-state index contributed by atoms with van der Waals surface area (Å²) < 4.78 is 5.49. The lowest BCUT2D eigenvalue weighted by atomic mass is 9.76. The van der Waals surface area contributed by atoms with Gasteiger partial charge in [-0.2, -0.15) is 0 Å². The second-order valence-corrected chi connectivity index (χ2v) is 6.52. The van der Waals surface area contributed by atoms with E-state index in [0.29, 0.717) is 6.42 Å². The largest absolute Gasteiger partial charge is 0.496 e. The lowest BCUT2D eigenvalue weighted by Crippen LogP contribution is -2.34. The fraction of sp³-hybridized carbons (Fsp3) is 0.650. The Morgan fingerprint density at radius 2 is 1.88 bits per heavy atom. The van der Waals surface area contributed by atoms with Crippen molar-refractivity contribution in [3.05, 3.63) is 29.8 Å². The quantitative estimate of drug-likeness (QED) is 0.629. The molecule has 0 aliphatic heterocycles.